The summed E-state index contributed by atoms with van der Waals surface area (Å²) in [5.74, 6) is 0. The molecule has 3 rings (SSSR count). The molecule has 0 bridgehead atoms. The van der Waals surface area contributed by atoms with E-state index in [4.69, 9.17) is 0 Å². The maximum Gasteiger partial charge on any atom is 0.0518 e. The van der Waals surface area contributed by atoms with Gasteiger partial charge in [0.1, 0.15) is 0 Å². The Hall–Kier alpha value is -1.76. The molecule has 19 heavy (non-hydrogen) atoms. The SMILES string of the molecule is CC.CC.Cc1cccc2c3ccccc3n(C)c12. The van der Waals surface area contributed by atoms with Crippen molar-refractivity contribution in [1.82, 2.24) is 4.57 Å². The third-order valence-electron chi connectivity index (χ3n) is 3.13. The standard InChI is InChI=1S/C14H13N.2C2H6/c1-10-6-5-8-12-11-7-3-4-9-13(11)15(2)14(10)12;2*1-2/h3-9H,1-2H3;2*1-2H3. The summed E-state index contributed by atoms with van der Waals surface area (Å²) >= 11 is 0. The van der Waals surface area contributed by atoms with E-state index < -0.39 is 0 Å². The lowest BCUT2D eigenvalue weighted by Crippen LogP contribution is -1.88. The first-order valence-corrected chi connectivity index (χ1v) is 7.22. The molecule has 0 unspecified atom stereocenters. The zero-order valence-electron chi connectivity index (χ0n) is 13.0. The molecule has 0 atom stereocenters. The molecule has 2 aromatic carbocycles. The lowest BCUT2D eigenvalue weighted by Gasteiger charge is -2.00. The molecule has 0 fully saturated rings. The van der Waals surface area contributed by atoms with Gasteiger partial charge in [0.2, 0.25) is 0 Å². The second-order valence-electron chi connectivity index (χ2n) is 4.05. The largest absolute Gasteiger partial charge is 0.343 e. The van der Waals surface area contributed by atoms with Gasteiger partial charge in [0.15, 0.2) is 0 Å². The Labute approximate surface area is 116 Å². The van der Waals surface area contributed by atoms with Gasteiger partial charge in [0.05, 0.1) is 5.52 Å². The first-order valence-electron chi connectivity index (χ1n) is 7.22. The number of nitrogens with zero attached hydrogens (tertiary/aromatic N) is 1. The fraction of sp³-hybridized carbons (Fsp3) is 0.333. The number of benzene rings is 2. The molecular weight excluding hydrogens is 230 g/mol. The zero-order chi connectivity index (χ0) is 14.4. The van der Waals surface area contributed by atoms with E-state index in [1.54, 1.807) is 0 Å². The predicted molar refractivity (Wildman–Crippen MR) is 87.9 cm³/mol. The van der Waals surface area contributed by atoms with Crippen LogP contribution in [0.4, 0.5) is 0 Å². The molecule has 1 aromatic heterocycles. The van der Waals surface area contributed by atoms with Crippen LogP contribution in [-0.4, -0.2) is 4.57 Å². The van der Waals surface area contributed by atoms with Crippen LogP contribution in [-0.2, 0) is 7.05 Å². The molecule has 0 saturated heterocycles. The molecule has 0 amide bonds. The first-order chi connectivity index (χ1) is 9.29. The topological polar surface area (TPSA) is 4.93 Å². The van der Waals surface area contributed by atoms with E-state index in [0.29, 0.717) is 0 Å². The Morgan fingerprint density at radius 2 is 1.32 bits per heavy atom. The Kier molecular flexibility index (Phi) is 5.62. The highest BCUT2D eigenvalue weighted by molar-refractivity contribution is 6.08. The number of fused-ring (bicyclic) bond motifs is 3. The van der Waals surface area contributed by atoms with Crippen molar-refractivity contribution in [3.63, 3.8) is 0 Å². The predicted octanol–water partition coefficient (Wildman–Crippen LogP) is 5.69. The molecule has 0 aliphatic heterocycles. The molecule has 0 radical (unpaired) electrons. The minimum absolute atomic E-state index is 1.31. The summed E-state index contributed by atoms with van der Waals surface area (Å²) in [4.78, 5) is 0. The van der Waals surface area contributed by atoms with Gasteiger partial charge in [-0.05, 0) is 18.6 Å². The molecule has 1 heterocycles. The van der Waals surface area contributed by atoms with Gasteiger partial charge >= 0.3 is 0 Å². The van der Waals surface area contributed by atoms with Gasteiger partial charge in [-0.3, -0.25) is 0 Å². The summed E-state index contributed by atoms with van der Waals surface area (Å²) in [5, 5.41) is 2.70. The van der Waals surface area contributed by atoms with E-state index in [1.165, 1.54) is 27.4 Å². The fourth-order valence-corrected chi connectivity index (χ4v) is 2.44. The summed E-state index contributed by atoms with van der Waals surface area (Å²) in [6.07, 6.45) is 0. The monoisotopic (exact) mass is 255 g/mol. The Morgan fingerprint density at radius 1 is 0.737 bits per heavy atom. The van der Waals surface area contributed by atoms with Crippen LogP contribution in [0, 0.1) is 6.92 Å². The fourth-order valence-electron chi connectivity index (χ4n) is 2.44. The summed E-state index contributed by atoms with van der Waals surface area (Å²) in [7, 11) is 2.14. The summed E-state index contributed by atoms with van der Waals surface area (Å²) < 4.78 is 2.28. The Bertz CT molecular complexity index is 647. The summed E-state index contributed by atoms with van der Waals surface area (Å²) in [5.41, 5.74) is 3.99. The zero-order valence-corrected chi connectivity index (χ0v) is 13.0. The van der Waals surface area contributed by atoms with Crippen LogP contribution >= 0.6 is 0 Å². The van der Waals surface area contributed by atoms with Gasteiger partial charge in [0, 0.05) is 23.3 Å². The van der Waals surface area contributed by atoms with Crippen molar-refractivity contribution in [1.29, 1.82) is 0 Å². The molecule has 3 aromatic rings. The van der Waals surface area contributed by atoms with Crippen LogP contribution in [0.3, 0.4) is 0 Å². The van der Waals surface area contributed by atoms with Gasteiger partial charge < -0.3 is 4.57 Å². The molecule has 1 nitrogen and oxygen atoms in total. The molecule has 0 aliphatic carbocycles. The summed E-state index contributed by atoms with van der Waals surface area (Å²) in [6.45, 7) is 10.2. The van der Waals surface area contributed by atoms with Crippen LogP contribution in [0.25, 0.3) is 21.8 Å². The number of hydrogen-bond acceptors (Lipinski definition) is 0. The van der Waals surface area contributed by atoms with Crippen molar-refractivity contribution in [2.75, 3.05) is 0 Å². The number of aromatic nitrogens is 1. The normalized spacial score (nSPS) is 9.58. The molecule has 0 saturated carbocycles. The number of hydrogen-bond donors (Lipinski definition) is 0. The van der Waals surface area contributed by atoms with E-state index in [2.05, 4.69) is 61.0 Å². The van der Waals surface area contributed by atoms with Crippen LogP contribution in [0.2, 0.25) is 0 Å². The maximum absolute atomic E-state index is 2.28. The lowest BCUT2D eigenvalue weighted by atomic mass is 10.1. The minimum Gasteiger partial charge on any atom is -0.343 e. The number of para-hydroxylation sites is 2. The van der Waals surface area contributed by atoms with Gasteiger partial charge in [-0.25, -0.2) is 0 Å². The highest BCUT2D eigenvalue weighted by Gasteiger charge is 2.07. The van der Waals surface area contributed by atoms with Crippen LogP contribution in [0.5, 0.6) is 0 Å². The number of aryl methyl sites for hydroxylation is 2. The molecule has 0 N–H and O–H groups in total. The third kappa shape index (κ3) is 2.65. The first kappa shape index (κ1) is 15.3. The lowest BCUT2D eigenvalue weighted by molar-refractivity contribution is 1.01. The average molecular weight is 255 g/mol. The van der Waals surface area contributed by atoms with Crippen LogP contribution in [0.15, 0.2) is 42.5 Å². The van der Waals surface area contributed by atoms with E-state index in [0.717, 1.165) is 0 Å². The molecule has 102 valence electrons. The third-order valence-corrected chi connectivity index (χ3v) is 3.13. The molecular formula is C18H25N. The molecule has 0 spiro atoms. The van der Waals surface area contributed by atoms with Crippen LogP contribution < -0.4 is 0 Å². The molecule has 0 aliphatic rings. The smallest absolute Gasteiger partial charge is 0.0518 e. The highest BCUT2D eigenvalue weighted by Crippen LogP contribution is 2.29. The van der Waals surface area contributed by atoms with E-state index in [9.17, 15) is 0 Å². The van der Waals surface area contributed by atoms with Gasteiger partial charge in [-0.15, -0.1) is 0 Å². The van der Waals surface area contributed by atoms with Gasteiger partial charge in [-0.2, -0.15) is 0 Å². The summed E-state index contributed by atoms with van der Waals surface area (Å²) in [6, 6.07) is 15.1. The van der Waals surface area contributed by atoms with Crippen LogP contribution in [0.1, 0.15) is 33.3 Å². The second-order valence-corrected chi connectivity index (χ2v) is 4.05. The Morgan fingerprint density at radius 3 is 2.00 bits per heavy atom. The van der Waals surface area contributed by atoms with Gasteiger partial charge in [-0.1, -0.05) is 64.1 Å². The average Bonchev–Trinajstić information content (AvgIpc) is 2.79. The number of rotatable bonds is 0. The van der Waals surface area contributed by atoms with E-state index in [-0.39, 0.29) is 0 Å². The van der Waals surface area contributed by atoms with Crippen molar-refractivity contribution in [3.8, 4) is 0 Å². The van der Waals surface area contributed by atoms with Crippen molar-refractivity contribution >= 4 is 21.8 Å². The van der Waals surface area contributed by atoms with Crippen molar-refractivity contribution in [2.24, 2.45) is 7.05 Å². The Balaban J connectivity index is 0.000000415. The quantitative estimate of drug-likeness (QED) is 0.486. The maximum atomic E-state index is 2.28. The van der Waals surface area contributed by atoms with Gasteiger partial charge in [0.25, 0.3) is 0 Å². The van der Waals surface area contributed by atoms with Crippen molar-refractivity contribution < 1.29 is 0 Å². The van der Waals surface area contributed by atoms with Crippen molar-refractivity contribution in [3.05, 3.63) is 48.0 Å². The second kappa shape index (κ2) is 6.98. The minimum atomic E-state index is 1.31. The van der Waals surface area contributed by atoms with E-state index >= 15 is 0 Å². The molecule has 1 heteroatoms. The van der Waals surface area contributed by atoms with Crippen molar-refractivity contribution in [2.45, 2.75) is 34.6 Å². The highest BCUT2D eigenvalue weighted by atomic mass is 14.9. The van der Waals surface area contributed by atoms with E-state index in [1.807, 2.05) is 27.7 Å².